The summed E-state index contributed by atoms with van der Waals surface area (Å²) in [5.41, 5.74) is 5.48. The van der Waals surface area contributed by atoms with Gasteiger partial charge >= 0.3 is 0 Å². The number of nitrogens with one attached hydrogen (secondary N) is 1. The average molecular weight is 245 g/mol. The van der Waals surface area contributed by atoms with Crippen LogP contribution in [0.15, 0.2) is 29.6 Å². The van der Waals surface area contributed by atoms with Gasteiger partial charge in [0.2, 0.25) is 0 Å². The molecule has 0 bridgehead atoms. The maximum absolute atomic E-state index is 3.41. The molecule has 0 aliphatic rings. The van der Waals surface area contributed by atoms with Gasteiger partial charge in [0, 0.05) is 11.4 Å². The molecule has 0 saturated heterocycles. The SMILES string of the molecule is CCNCc1ccc(C)cc1-c1sccc1C. The van der Waals surface area contributed by atoms with E-state index >= 15 is 0 Å². The lowest BCUT2D eigenvalue weighted by Crippen LogP contribution is -2.12. The van der Waals surface area contributed by atoms with Gasteiger partial charge in [0.25, 0.3) is 0 Å². The van der Waals surface area contributed by atoms with Crippen molar-refractivity contribution < 1.29 is 0 Å². The van der Waals surface area contributed by atoms with E-state index < -0.39 is 0 Å². The van der Waals surface area contributed by atoms with Gasteiger partial charge in [-0.2, -0.15) is 0 Å². The molecule has 2 rings (SSSR count). The van der Waals surface area contributed by atoms with E-state index in [1.54, 1.807) is 0 Å². The second kappa shape index (κ2) is 5.48. The molecule has 2 heteroatoms. The fourth-order valence-electron chi connectivity index (χ4n) is 1.96. The zero-order chi connectivity index (χ0) is 12.3. The zero-order valence-electron chi connectivity index (χ0n) is 10.7. The minimum Gasteiger partial charge on any atom is -0.313 e. The van der Waals surface area contributed by atoms with Gasteiger partial charge in [-0.15, -0.1) is 11.3 Å². The van der Waals surface area contributed by atoms with Crippen molar-refractivity contribution in [2.45, 2.75) is 27.3 Å². The van der Waals surface area contributed by atoms with Crippen molar-refractivity contribution in [2.75, 3.05) is 6.54 Å². The molecule has 1 N–H and O–H groups in total. The molecule has 0 aliphatic heterocycles. The van der Waals surface area contributed by atoms with Gasteiger partial charge in [0.15, 0.2) is 0 Å². The van der Waals surface area contributed by atoms with Crippen LogP contribution in [0.4, 0.5) is 0 Å². The molecule has 1 aromatic carbocycles. The third-order valence-corrected chi connectivity index (χ3v) is 3.99. The molecule has 0 unspecified atom stereocenters. The molecule has 0 amide bonds. The van der Waals surface area contributed by atoms with Crippen LogP contribution in [0.25, 0.3) is 10.4 Å². The highest BCUT2D eigenvalue weighted by Gasteiger charge is 2.08. The highest BCUT2D eigenvalue weighted by molar-refractivity contribution is 7.13. The molecular formula is C15H19NS. The molecule has 0 atom stereocenters. The number of rotatable bonds is 4. The largest absolute Gasteiger partial charge is 0.313 e. The van der Waals surface area contributed by atoms with Gasteiger partial charge in [-0.3, -0.25) is 0 Å². The first-order chi connectivity index (χ1) is 8.22. The summed E-state index contributed by atoms with van der Waals surface area (Å²) in [5.74, 6) is 0. The van der Waals surface area contributed by atoms with Crippen molar-refractivity contribution in [1.29, 1.82) is 0 Å². The average Bonchev–Trinajstić information content (AvgIpc) is 2.74. The number of aryl methyl sites for hydroxylation is 2. The Morgan fingerprint density at radius 1 is 1.18 bits per heavy atom. The van der Waals surface area contributed by atoms with Crippen LogP contribution in [0.2, 0.25) is 0 Å². The smallest absolute Gasteiger partial charge is 0.0375 e. The summed E-state index contributed by atoms with van der Waals surface area (Å²) in [5, 5.41) is 5.58. The lowest BCUT2D eigenvalue weighted by molar-refractivity contribution is 0.728. The summed E-state index contributed by atoms with van der Waals surface area (Å²) in [6.45, 7) is 8.44. The van der Waals surface area contributed by atoms with Crippen LogP contribution >= 0.6 is 11.3 Å². The van der Waals surface area contributed by atoms with Gasteiger partial charge in [0.1, 0.15) is 0 Å². The van der Waals surface area contributed by atoms with E-state index in [0.717, 1.165) is 13.1 Å². The number of benzene rings is 1. The second-order valence-corrected chi connectivity index (χ2v) is 5.29. The third-order valence-electron chi connectivity index (χ3n) is 2.94. The Bertz CT molecular complexity index is 499. The topological polar surface area (TPSA) is 12.0 Å². The molecule has 0 aliphatic carbocycles. The van der Waals surface area contributed by atoms with Gasteiger partial charge in [-0.05, 0) is 48.5 Å². The van der Waals surface area contributed by atoms with Crippen molar-refractivity contribution in [3.63, 3.8) is 0 Å². The quantitative estimate of drug-likeness (QED) is 0.853. The lowest BCUT2D eigenvalue weighted by atomic mass is 10.0. The van der Waals surface area contributed by atoms with Gasteiger partial charge < -0.3 is 5.32 Å². The highest BCUT2D eigenvalue weighted by Crippen LogP contribution is 2.32. The van der Waals surface area contributed by atoms with Crippen molar-refractivity contribution in [3.05, 3.63) is 46.3 Å². The fourth-order valence-corrected chi connectivity index (χ4v) is 2.94. The summed E-state index contributed by atoms with van der Waals surface area (Å²) in [6.07, 6.45) is 0. The summed E-state index contributed by atoms with van der Waals surface area (Å²) in [6, 6.07) is 8.93. The predicted octanol–water partition coefficient (Wildman–Crippen LogP) is 4.14. The Labute approximate surface area is 108 Å². The molecule has 0 spiro atoms. The van der Waals surface area contributed by atoms with Crippen LogP contribution in [0.3, 0.4) is 0 Å². The normalized spacial score (nSPS) is 10.8. The van der Waals surface area contributed by atoms with Crippen molar-refractivity contribution in [2.24, 2.45) is 0 Å². The Hall–Kier alpha value is -1.12. The molecule has 0 radical (unpaired) electrons. The third kappa shape index (κ3) is 2.76. The molecule has 0 fully saturated rings. The lowest BCUT2D eigenvalue weighted by Gasteiger charge is -2.11. The van der Waals surface area contributed by atoms with Crippen LogP contribution in [0, 0.1) is 13.8 Å². The van der Waals surface area contributed by atoms with Gasteiger partial charge in [-0.25, -0.2) is 0 Å². The number of thiophene rings is 1. The van der Waals surface area contributed by atoms with E-state index in [4.69, 9.17) is 0 Å². The summed E-state index contributed by atoms with van der Waals surface area (Å²) in [7, 11) is 0. The molecule has 0 saturated carbocycles. The zero-order valence-corrected chi connectivity index (χ0v) is 11.5. The van der Waals surface area contributed by atoms with Crippen LogP contribution in [0.5, 0.6) is 0 Å². The Kier molecular flexibility index (Phi) is 3.97. The minimum absolute atomic E-state index is 0.948. The van der Waals surface area contributed by atoms with E-state index in [1.165, 1.54) is 27.1 Å². The Morgan fingerprint density at radius 3 is 2.65 bits per heavy atom. The second-order valence-electron chi connectivity index (χ2n) is 4.37. The minimum atomic E-state index is 0.948. The summed E-state index contributed by atoms with van der Waals surface area (Å²) >= 11 is 1.83. The maximum atomic E-state index is 3.41. The molecular weight excluding hydrogens is 226 g/mol. The van der Waals surface area contributed by atoms with Crippen molar-refractivity contribution >= 4 is 11.3 Å². The Morgan fingerprint density at radius 2 is 2.00 bits per heavy atom. The van der Waals surface area contributed by atoms with Crippen molar-refractivity contribution in [1.82, 2.24) is 5.32 Å². The van der Waals surface area contributed by atoms with Gasteiger partial charge in [-0.1, -0.05) is 30.7 Å². The maximum Gasteiger partial charge on any atom is 0.0375 e. The predicted molar refractivity (Wildman–Crippen MR) is 76.6 cm³/mol. The van der Waals surface area contributed by atoms with Crippen LogP contribution in [0.1, 0.15) is 23.6 Å². The van der Waals surface area contributed by atoms with Crippen molar-refractivity contribution in [3.8, 4) is 10.4 Å². The fraction of sp³-hybridized carbons (Fsp3) is 0.333. The molecule has 2 aromatic rings. The first kappa shape index (κ1) is 12.3. The first-order valence-electron chi connectivity index (χ1n) is 6.07. The van der Waals surface area contributed by atoms with E-state index in [0.29, 0.717) is 0 Å². The monoisotopic (exact) mass is 245 g/mol. The molecule has 1 heterocycles. The number of hydrogen-bond donors (Lipinski definition) is 1. The van der Waals surface area contributed by atoms with Crippen LogP contribution < -0.4 is 5.32 Å². The van der Waals surface area contributed by atoms with E-state index in [-0.39, 0.29) is 0 Å². The summed E-state index contributed by atoms with van der Waals surface area (Å²) < 4.78 is 0. The number of hydrogen-bond acceptors (Lipinski definition) is 2. The van der Waals surface area contributed by atoms with E-state index in [2.05, 4.69) is 55.7 Å². The summed E-state index contributed by atoms with van der Waals surface area (Å²) in [4.78, 5) is 1.40. The standard InChI is InChI=1S/C15H19NS/c1-4-16-10-13-6-5-11(2)9-14(13)15-12(3)7-8-17-15/h5-9,16H,4,10H2,1-3H3. The van der Waals surface area contributed by atoms with Crippen LogP contribution in [-0.2, 0) is 6.54 Å². The molecule has 90 valence electrons. The molecule has 1 nitrogen and oxygen atoms in total. The van der Waals surface area contributed by atoms with E-state index in [1.807, 2.05) is 11.3 Å². The van der Waals surface area contributed by atoms with Gasteiger partial charge in [0.05, 0.1) is 0 Å². The van der Waals surface area contributed by atoms with Crippen LogP contribution in [-0.4, -0.2) is 6.54 Å². The Balaban J connectivity index is 2.43. The first-order valence-corrected chi connectivity index (χ1v) is 6.95. The van der Waals surface area contributed by atoms with E-state index in [9.17, 15) is 0 Å². The highest BCUT2D eigenvalue weighted by atomic mass is 32.1. The molecule has 1 aromatic heterocycles. The molecule has 17 heavy (non-hydrogen) atoms.